The predicted octanol–water partition coefficient (Wildman–Crippen LogP) is 3.62. The van der Waals surface area contributed by atoms with Gasteiger partial charge in [0.05, 0.1) is 13.1 Å². The summed E-state index contributed by atoms with van der Waals surface area (Å²) in [5.74, 6) is 0.528. The number of alkyl halides is 3. The van der Waals surface area contributed by atoms with E-state index < -0.39 is 12.8 Å². The molecule has 6 nitrogen and oxygen atoms in total. The lowest BCUT2D eigenvalue weighted by molar-refractivity contribution is -0.153. The molecule has 0 radical (unpaired) electrons. The van der Waals surface area contributed by atoms with Gasteiger partial charge in [-0.05, 0) is 31.4 Å². The number of benzene rings is 1. The minimum Gasteiger partial charge on any atom is -0.484 e. The normalized spacial score (nSPS) is 14.8. The van der Waals surface area contributed by atoms with E-state index in [0.717, 1.165) is 31.2 Å². The zero-order chi connectivity index (χ0) is 21.4. The van der Waals surface area contributed by atoms with Gasteiger partial charge in [0, 0.05) is 25.7 Å². The standard InChI is InChI=1S/C20H29F3N4O2.HI/c1-14-8-9-15(17(10-14)29-13-20(21,22)23)11-24-19(25-12-18(28)27(2)3)26-16-6-4-5-7-16;/h8-10,16H,4-7,11-13H2,1-3H3,(H2,24,25,26);1H. The van der Waals surface area contributed by atoms with Crippen LogP contribution in [0.25, 0.3) is 0 Å². The number of amides is 1. The molecule has 2 rings (SSSR count). The van der Waals surface area contributed by atoms with Crippen molar-refractivity contribution in [3.8, 4) is 5.75 Å². The van der Waals surface area contributed by atoms with E-state index in [4.69, 9.17) is 4.74 Å². The van der Waals surface area contributed by atoms with Crippen LogP contribution in [0.3, 0.4) is 0 Å². The minimum absolute atomic E-state index is 0. The second kappa shape index (κ2) is 12.2. The Balaban J connectivity index is 0.00000450. The number of guanidine groups is 1. The molecule has 0 spiro atoms. The van der Waals surface area contributed by atoms with Crippen LogP contribution in [0, 0.1) is 6.92 Å². The summed E-state index contributed by atoms with van der Waals surface area (Å²) in [5.41, 5.74) is 1.35. The Morgan fingerprint density at radius 2 is 1.93 bits per heavy atom. The Morgan fingerprint density at radius 1 is 1.27 bits per heavy atom. The Kier molecular flexibility index (Phi) is 10.7. The lowest BCUT2D eigenvalue weighted by atomic mass is 10.1. The summed E-state index contributed by atoms with van der Waals surface area (Å²) in [6.45, 7) is 0.646. The summed E-state index contributed by atoms with van der Waals surface area (Å²) in [6, 6.07) is 5.36. The van der Waals surface area contributed by atoms with Gasteiger partial charge in [0.25, 0.3) is 0 Å². The molecule has 1 amide bonds. The van der Waals surface area contributed by atoms with Gasteiger partial charge in [-0.1, -0.05) is 25.0 Å². The van der Waals surface area contributed by atoms with Gasteiger partial charge in [-0.3, -0.25) is 4.79 Å². The Morgan fingerprint density at radius 3 is 2.53 bits per heavy atom. The van der Waals surface area contributed by atoms with E-state index in [2.05, 4.69) is 15.6 Å². The van der Waals surface area contributed by atoms with Crippen molar-refractivity contribution >= 4 is 35.8 Å². The molecule has 0 aromatic heterocycles. The van der Waals surface area contributed by atoms with Gasteiger partial charge in [0.2, 0.25) is 5.91 Å². The van der Waals surface area contributed by atoms with Gasteiger partial charge in [0.15, 0.2) is 12.6 Å². The zero-order valence-corrected chi connectivity index (χ0v) is 19.8. The first kappa shape index (κ1) is 26.3. The molecule has 1 saturated carbocycles. The summed E-state index contributed by atoms with van der Waals surface area (Å²) in [7, 11) is 3.34. The van der Waals surface area contributed by atoms with E-state index in [9.17, 15) is 18.0 Å². The highest BCUT2D eigenvalue weighted by Crippen LogP contribution is 2.24. The maximum atomic E-state index is 12.5. The first-order chi connectivity index (χ1) is 13.6. The molecule has 1 aliphatic carbocycles. The third-order valence-corrected chi connectivity index (χ3v) is 4.62. The molecule has 0 bridgehead atoms. The van der Waals surface area contributed by atoms with Crippen LogP contribution in [0.4, 0.5) is 13.2 Å². The molecule has 0 aliphatic heterocycles. The number of aryl methyl sites for hydroxylation is 1. The van der Waals surface area contributed by atoms with Crippen molar-refractivity contribution in [2.24, 2.45) is 4.99 Å². The molecule has 1 aromatic rings. The van der Waals surface area contributed by atoms with Crippen molar-refractivity contribution in [3.63, 3.8) is 0 Å². The summed E-state index contributed by atoms with van der Waals surface area (Å²) in [5, 5.41) is 6.33. The van der Waals surface area contributed by atoms with Gasteiger partial charge < -0.3 is 20.3 Å². The van der Waals surface area contributed by atoms with Crippen LogP contribution >= 0.6 is 24.0 Å². The molecule has 10 heteroatoms. The lowest BCUT2D eigenvalue weighted by Gasteiger charge is -2.19. The summed E-state index contributed by atoms with van der Waals surface area (Å²) in [4.78, 5) is 17.8. The van der Waals surface area contributed by atoms with Gasteiger partial charge in [-0.2, -0.15) is 13.2 Å². The van der Waals surface area contributed by atoms with Crippen LogP contribution in [0.1, 0.15) is 36.8 Å². The molecule has 170 valence electrons. The van der Waals surface area contributed by atoms with Crippen LogP contribution in [-0.4, -0.2) is 56.2 Å². The van der Waals surface area contributed by atoms with Crippen molar-refractivity contribution in [1.29, 1.82) is 0 Å². The Labute approximate surface area is 192 Å². The molecular weight excluding hydrogens is 512 g/mol. The van der Waals surface area contributed by atoms with Gasteiger partial charge in [-0.15, -0.1) is 24.0 Å². The summed E-state index contributed by atoms with van der Waals surface area (Å²) >= 11 is 0. The van der Waals surface area contributed by atoms with Gasteiger partial charge >= 0.3 is 6.18 Å². The molecular formula is C20H30F3IN4O2. The average molecular weight is 542 g/mol. The molecule has 0 saturated heterocycles. The number of hydrogen-bond donors (Lipinski definition) is 2. The topological polar surface area (TPSA) is 66.0 Å². The fraction of sp³-hybridized carbons (Fsp3) is 0.600. The molecule has 0 atom stereocenters. The first-order valence-corrected chi connectivity index (χ1v) is 9.68. The number of nitrogens with one attached hydrogen (secondary N) is 2. The number of nitrogens with zero attached hydrogens (tertiary/aromatic N) is 2. The average Bonchev–Trinajstić information content (AvgIpc) is 3.15. The van der Waals surface area contributed by atoms with Crippen molar-refractivity contribution < 1.29 is 22.7 Å². The monoisotopic (exact) mass is 542 g/mol. The summed E-state index contributed by atoms with van der Waals surface area (Å²) in [6.07, 6.45) is -0.100. The Bertz CT molecular complexity index is 720. The second-order valence-corrected chi connectivity index (χ2v) is 7.45. The number of likely N-dealkylation sites (N-methyl/N-ethyl adjacent to an activating group) is 1. The molecule has 1 aliphatic rings. The van der Waals surface area contributed by atoms with Crippen molar-refractivity contribution in [2.45, 2.75) is 51.4 Å². The van der Waals surface area contributed by atoms with Crippen molar-refractivity contribution in [3.05, 3.63) is 29.3 Å². The minimum atomic E-state index is -4.41. The predicted molar refractivity (Wildman–Crippen MR) is 121 cm³/mol. The van der Waals surface area contributed by atoms with E-state index >= 15 is 0 Å². The van der Waals surface area contributed by atoms with Crippen LogP contribution in [0.5, 0.6) is 5.75 Å². The third kappa shape index (κ3) is 9.40. The number of halogens is 4. The van der Waals surface area contributed by atoms with E-state index in [1.807, 2.05) is 0 Å². The third-order valence-electron chi connectivity index (χ3n) is 4.62. The molecule has 30 heavy (non-hydrogen) atoms. The van der Waals surface area contributed by atoms with E-state index in [1.54, 1.807) is 39.2 Å². The molecule has 0 heterocycles. The van der Waals surface area contributed by atoms with Crippen LogP contribution in [0.2, 0.25) is 0 Å². The highest BCUT2D eigenvalue weighted by Gasteiger charge is 2.28. The van der Waals surface area contributed by atoms with Gasteiger partial charge in [0.1, 0.15) is 5.75 Å². The van der Waals surface area contributed by atoms with Gasteiger partial charge in [-0.25, -0.2) is 4.99 Å². The number of hydrogen-bond acceptors (Lipinski definition) is 3. The maximum absolute atomic E-state index is 12.5. The number of rotatable bonds is 7. The van der Waals surface area contributed by atoms with E-state index in [0.29, 0.717) is 11.5 Å². The smallest absolute Gasteiger partial charge is 0.422 e. The number of carbonyl (C=O) groups excluding carboxylic acids is 1. The van der Waals surface area contributed by atoms with Crippen molar-refractivity contribution in [1.82, 2.24) is 15.5 Å². The SMILES string of the molecule is Cc1ccc(CN=C(NCC(=O)N(C)C)NC2CCCC2)c(OCC(F)(F)F)c1.I. The number of ether oxygens (including phenoxy) is 1. The van der Waals surface area contributed by atoms with Crippen LogP contribution < -0.4 is 15.4 Å². The number of carbonyl (C=O) groups is 1. The maximum Gasteiger partial charge on any atom is 0.422 e. The fourth-order valence-corrected chi connectivity index (χ4v) is 2.98. The largest absolute Gasteiger partial charge is 0.484 e. The van der Waals surface area contributed by atoms with Crippen molar-refractivity contribution in [2.75, 3.05) is 27.2 Å². The summed E-state index contributed by atoms with van der Waals surface area (Å²) < 4.78 is 42.6. The van der Waals surface area contributed by atoms with Crippen LogP contribution in [-0.2, 0) is 11.3 Å². The highest BCUT2D eigenvalue weighted by molar-refractivity contribution is 14.0. The Hall–Kier alpha value is -1.72. The molecule has 1 aromatic carbocycles. The molecule has 2 N–H and O–H groups in total. The van der Waals surface area contributed by atoms with E-state index in [-0.39, 0.29) is 54.8 Å². The quantitative estimate of drug-likeness (QED) is 0.314. The second-order valence-electron chi connectivity index (χ2n) is 7.45. The molecule has 1 fully saturated rings. The van der Waals surface area contributed by atoms with Crippen LogP contribution in [0.15, 0.2) is 23.2 Å². The number of aliphatic imine (C=N–C) groups is 1. The highest BCUT2D eigenvalue weighted by atomic mass is 127. The zero-order valence-electron chi connectivity index (χ0n) is 17.5. The first-order valence-electron chi connectivity index (χ1n) is 9.68. The molecule has 0 unspecified atom stereocenters. The van der Waals surface area contributed by atoms with E-state index in [1.165, 1.54) is 4.90 Å². The lowest BCUT2D eigenvalue weighted by Crippen LogP contribution is -2.46. The fourth-order valence-electron chi connectivity index (χ4n) is 2.98.